The molecule has 0 radical (unpaired) electrons. The van der Waals surface area contributed by atoms with Crippen LogP contribution in [0.4, 0.5) is 8.78 Å². The molecule has 0 fully saturated rings. The van der Waals surface area contributed by atoms with Crippen LogP contribution in [0, 0.1) is 11.6 Å². The van der Waals surface area contributed by atoms with Crippen LogP contribution in [0.3, 0.4) is 0 Å². The predicted octanol–water partition coefficient (Wildman–Crippen LogP) is -0.895. The first-order chi connectivity index (χ1) is 10.9. The summed E-state index contributed by atoms with van der Waals surface area (Å²) in [4.78, 5) is 1.41. The smallest absolute Gasteiger partial charge is 0.232 e. The van der Waals surface area contributed by atoms with Crippen LogP contribution >= 0.6 is 0 Å². The summed E-state index contributed by atoms with van der Waals surface area (Å²) in [6.45, 7) is 0. The highest BCUT2D eigenvalue weighted by molar-refractivity contribution is 7.90. The first-order valence-corrected chi connectivity index (χ1v) is 9.35. The van der Waals surface area contributed by atoms with Crippen molar-refractivity contribution < 1.29 is 25.6 Å². The lowest BCUT2D eigenvalue weighted by atomic mass is 10.1. The van der Waals surface area contributed by atoms with Gasteiger partial charge in [-0.1, -0.05) is 6.07 Å². The second kappa shape index (κ2) is 6.00. The zero-order valence-electron chi connectivity index (χ0n) is 12.6. The van der Waals surface area contributed by atoms with E-state index in [9.17, 15) is 25.6 Å². The van der Waals surface area contributed by atoms with E-state index in [1.54, 1.807) is 0 Å². The summed E-state index contributed by atoms with van der Waals surface area (Å²) in [5.41, 5.74) is 2.25. The second-order valence-corrected chi connectivity index (χ2v) is 8.98. The Morgan fingerprint density at radius 1 is 1.25 bits per heavy atom. The lowest BCUT2D eigenvalue weighted by Gasteiger charge is -2.28. The molecule has 1 heterocycles. The number of nitrogens with zero attached hydrogens (tertiary/aromatic N) is 3. The van der Waals surface area contributed by atoms with Gasteiger partial charge in [0.15, 0.2) is 11.6 Å². The standard InChI is InChI=1S/C11H15F2N5O4S2/c1-17(2)24(21,22)18-7-15-11(16-18,23(14,19)20)6-8-3-4-9(12)10(13)5-8/h3-5,7,16H,6H2,1-2H3,(H2,14,19,20). The largest absolute Gasteiger partial charge is 0.318 e. The topological polar surface area (TPSA) is 125 Å². The summed E-state index contributed by atoms with van der Waals surface area (Å²) in [6.07, 6.45) is 0.235. The summed E-state index contributed by atoms with van der Waals surface area (Å²) < 4.78 is 75.6. The lowest BCUT2D eigenvalue weighted by molar-refractivity contribution is 0.344. The molecule has 134 valence electrons. The van der Waals surface area contributed by atoms with Gasteiger partial charge in [-0.05, 0) is 17.7 Å². The molecule has 9 nitrogen and oxygen atoms in total. The first kappa shape index (κ1) is 18.7. The maximum atomic E-state index is 13.3. The Labute approximate surface area is 138 Å². The SMILES string of the molecule is CN(C)S(=O)(=O)N1C=NC(Cc2ccc(F)c(F)c2)(S(N)(=O)=O)N1. The van der Waals surface area contributed by atoms with Gasteiger partial charge in [0.2, 0.25) is 4.99 Å². The predicted molar refractivity (Wildman–Crippen MR) is 82.0 cm³/mol. The molecule has 1 aromatic rings. The molecule has 24 heavy (non-hydrogen) atoms. The highest BCUT2D eigenvalue weighted by atomic mass is 32.2. The summed E-state index contributed by atoms with van der Waals surface area (Å²) in [6, 6.07) is 2.74. The highest BCUT2D eigenvalue weighted by Crippen LogP contribution is 2.26. The van der Waals surface area contributed by atoms with Gasteiger partial charge in [0.25, 0.3) is 10.0 Å². The fourth-order valence-electron chi connectivity index (χ4n) is 1.92. The molecule has 0 saturated carbocycles. The van der Waals surface area contributed by atoms with E-state index in [0.717, 1.165) is 28.8 Å². The number of nitrogens with two attached hydrogens (primary N) is 1. The Kier molecular flexibility index (Phi) is 4.67. The second-order valence-electron chi connectivity index (χ2n) is 5.20. The molecule has 0 saturated heterocycles. The van der Waals surface area contributed by atoms with Gasteiger partial charge in [-0.2, -0.15) is 22.6 Å². The van der Waals surface area contributed by atoms with Gasteiger partial charge in [0.1, 0.15) is 6.34 Å². The molecule has 0 amide bonds. The third-order valence-electron chi connectivity index (χ3n) is 3.26. The number of halogens is 2. The Morgan fingerprint density at radius 2 is 1.88 bits per heavy atom. The van der Waals surface area contributed by atoms with Crippen LogP contribution in [0.1, 0.15) is 5.56 Å². The molecule has 1 unspecified atom stereocenters. The van der Waals surface area contributed by atoms with E-state index in [-0.39, 0.29) is 5.56 Å². The van der Waals surface area contributed by atoms with E-state index in [1.807, 2.05) is 0 Å². The van der Waals surface area contributed by atoms with E-state index in [2.05, 4.69) is 10.4 Å². The summed E-state index contributed by atoms with van der Waals surface area (Å²) >= 11 is 0. The van der Waals surface area contributed by atoms with E-state index < -0.39 is 43.3 Å². The van der Waals surface area contributed by atoms with Gasteiger partial charge in [0, 0.05) is 20.5 Å². The molecule has 1 aliphatic heterocycles. The minimum absolute atomic E-state index is 0.0525. The van der Waals surface area contributed by atoms with Crippen molar-refractivity contribution in [2.75, 3.05) is 14.1 Å². The van der Waals surface area contributed by atoms with Gasteiger partial charge in [-0.25, -0.2) is 27.3 Å². The zero-order valence-corrected chi connectivity index (χ0v) is 14.3. The van der Waals surface area contributed by atoms with Gasteiger partial charge in [-0.3, -0.25) is 0 Å². The number of hydrogen-bond donors (Lipinski definition) is 2. The quantitative estimate of drug-likeness (QED) is 0.682. The molecule has 3 N–H and O–H groups in total. The highest BCUT2D eigenvalue weighted by Gasteiger charge is 2.48. The molecule has 0 aromatic heterocycles. The summed E-state index contributed by atoms with van der Waals surface area (Å²) in [5, 5.41) is 5.17. The minimum Gasteiger partial charge on any atom is -0.232 e. The van der Waals surface area contributed by atoms with Crippen LogP contribution in [0.2, 0.25) is 0 Å². The normalized spacial score (nSPS) is 21.7. The number of hydrazine groups is 1. The molecule has 13 heteroatoms. The summed E-state index contributed by atoms with van der Waals surface area (Å²) in [7, 11) is -6.05. The molecule has 2 rings (SSSR count). The Morgan fingerprint density at radius 3 is 2.38 bits per heavy atom. The summed E-state index contributed by atoms with van der Waals surface area (Å²) in [5.74, 6) is -2.29. The van der Waals surface area contributed by atoms with E-state index >= 15 is 0 Å². The monoisotopic (exact) mass is 383 g/mol. The lowest BCUT2D eigenvalue weighted by Crippen LogP contribution is -2.58. The average molecular weight is 383 g/mol. The van der Waals surface area contributed by atoms with Crippen LogP contribution in [0.25, 0.3) is 0 Å². The van der Waals surface area contributed by atoms with E-state index in [1.165, 1.54) is 14.1 Å². The Balaban J connectivity index is 2.41. The molecule has 1 atom stereocenters. The van der Waals surface area contributed by atoms with Crippen molar-refractivity contribution in [2.45, 2.75) is 11.4 Å². The Bertz CT molecular complexity index is 888. The maximum Gasteiger partial charge on any atom is 0.318 e. The number of sulfonamides is 1. The van der Waals surface area contributed by atoms with Crippen molar-refractivity contribution in [1.29, 1.82) is 0 Å². The number of rotatable bonds is 5. The van der Waals surface area contributed by atoms with Crippen molar-refractivity contribution in [2.24, 2.45) is 10.1 Å². The van der Waals surface area contributed by atoms with Crippen molar-refractivity contribution in [3.63, 3.8) is 0 Å². The van der Waals surface area contributed by atoms with Gasteiger partial charge < -0.3 is 0 Å². The fourth-order valence-corrected chi connectivity index (χ4v) is 3.55. The molecule has 1 aliphatic rings. The van der Waals surface area contributed by atoms with Gasteiger partial charge in [-0.15, -0.1) is 0 Å². The third-order valence-corrected chi connectivity index (χ3v) is 6.15. The third kappa shape index (κ3) is 3.25. The number of nitrogens with one attached hydrogen (secondary N) is 1. The number of benzene rings is 1. The minimum atomic E-state index is -4.45. The van der Waals surface area contributed by atoms with Crippen molar-refractivity contribution in [3.8, 4) is 0 Å². The van der Waals surface area contributed by atoms with Crippen molar-refractivity contribution in [3.05, 3.63) is 35.4 Å². The molecular weight excluding hydrogens is 368 g/mol. The van der Waals surface area contributed by atoms with Crippen LogP contribution in [0.15, 0.2) is 23.2 Å². The molecular formula is C11H15F2N5O4S2. The maximum absolute atomic E-state index is 13.3. The number of hydrogen-bond acceptors (Lipinski definition) is 6. The van der Waals surface area contributed by atoms with E-state index in [0.29, 0.717) is 4.41 Å². The molecule has 0 aliphatic carbocycles. The zero-order chi connectivity index (χ0) is 18.3. The molecule has 1 aromatic carbocycles. The first-order valence-electron chi connectivity index (χ1n) is 6.40. The molecule has 0 bridgehead atoms. The van der Waals surface area contributed by atoms with Gasteiger partial charge >= 0.3 is 10.2 Å². The van der Waals surface area contributed by atoms with Gasteiger partial charge in [0.05, 0.1) is 0 Å². The molecule has 0 spiro atoms. The Hall–Kier alpha value is -1.67. The van der Waals surface area contributed by atoms with Crippen LogP contribution in [-0.2, 0) is 26.7 Å². The fraction of sp³-hybridized carbons (Fsp3) is 0.364. The van der Waals surface area contributed by atoms with Crippen LogP contribution in [0.5, 0.6) is 0 Å². The average Bonchev–Trinajstić information content (AvgIpc) is 2.88. The van der Waals surface area contributed by atoms with Crippen LogP contribution in [-0.4, -0.2) is 51.0 Å². The number of primary sulfonamides is 1. The van der Waals surface area contributed by atoms with E-state index in [4.69, 9.17) is 5.14 Å². The van der Waals surface area contributed by atoms with Crippen LogP contribution < -0.4 is 10.6 Å². The van der Waals surface area contributed by atoms with Crippen molar-refractivity contribution in [1.82, 2.24) is 14.1 Å². The van der Waals surface area contributed by atoms with Crippen molar-refractivity contribution >= 4 is 26.6 Å². The number of aliphatic imine (C=N–C) groups is 1.